The second-order valence-corrected chi connectivity index (χ2v) is 6.06. The minimum Gasteiger partial charge on any atom is -0.445 e. The van der Waals surface area contributed by atoms with E-state index in [4.69, 9.17) is 4.74 Å². The number of ether oxygens (including phenoxy) is 1. The highest BCUT2D eigenvalue weighted by Crippen LogP contribution is 2.50. The molecule has 1 aromatic rings. The summed E-state index contributed by atoms with van der Waals surface area (Å²) in [7, 11) is 0. The number of rotatable bonds is 2. The summed E-state index contributed by atoms with van der Waals surface area (Å²) >= 11 is 0. The normalized spacial score (nSPS) is 25.6. The summed E-state index contributed by atoms with van der Waals surface area (Å²) in [6, 6.07) is 8.96. The molecule has 1 unspecified atom stereocenters. The number of alkyl halides is 3. The molecule has 1 saturated carbocycles. The molecule has 3 nitrogen and oxygen atoms in total. The van der Waals surface area contributed by atoms with Crippen LogP contribution in [0.4, 0.5) is 18.0 Å². The number of carbonyl (C=O) groups excluding carboxylic acids is 1. The summed E-state index contributed by atoms with van der Waals surface area (Å²) in [5, 5.41) is 0. The molecule has 1 spiro atoms. The van der Waals surface area contributed by atoms with Gasteiger partial charge in [0.1, 0.15) is 6.61 Å². The first-order valence-corrected chi connectivity index (χ1v) is 7.46. The average Bonchev–Trinajstić information content (AvgIpc) is 3.07. The van der Waals surface area contributed by atoms with E-state index in [1.165, 1.54) is 0 Å². The number of benzene rings is 1. The molecule has 1 heterocycles. The Balaban J connectivity index is 1.73. The Morgan fingerprint density at radius 1 is 1.23 bits per heavy atom. The van der Waals surface area contributed by atoms with Gasteiger partial charge in [0.15, 0.2) is 6.17 Å². The van der Waals surface area contributed by atoms with Crippen LogP contribution in [0.1, 0.15) is 31.2 Å². The Kier molecular flexibility index (Phi) is 3.78. The number of halogens is 3. The van der Waals surface area contributed by atoms with Gasteiger partial charge in [-0.2, -0.15) is 0 Å². The largest absolute Gasteiger partial charge is 0.445 e. The van der Waals surface area contributed by atoms with E-state index < -0.39 is 30.3 Å². The third kappa shape index (κ3) is 2.44. The quantitative estimate of drug-likeness (QED) is 0.828. The Labute approximate surface area is 127 Å². The van der Waals surface area contributed by atoms with Crippen LogP contribution in [0.25, 0.3) is 0 Å². The van der Waals surface area contributed by atoms with Crippen molar-refractivity contribution in [3.8, 4) is 0 Å². The van der Waals surface area contributed by atoms with Crippen molar-refractivity contribution in [3.63, 3.8) is 0 Å². The number of likely N-dealkylation sites (tertiary alicyclic amines) is 1. The van der Waals surface area contributed by atoms with Gasteiger partial charge in [0, 0.05) is 0 Å². The molecule has 0 bridgehead atoms. The Morgan fingerprint density at radius 3 is 2.50 bits per heavy atom. The highest BCUT2D eigenvalue weighted by atomic mass is 19.3. The average molecular weight is 313 g/mol. The first-order valence-electron chi connectivity index (χ1n) is 7.46. The third-order valence-corrected chi connectivity index (χ3v) is 4.64. The number of nitrogens with zero attached hydrogens (tertiary/aromatic N) is 1. The molecule has 0 radical (unpaired) electrons. The maximum Gasteiger partial charge on any atom is 0.410 e. The molecule has 1 saturated heterocycles. The molecule has 2 aliphatic rings. The molecule has 3 rings (SSSR count). The van der Waals surface area contributed by atoms with Crippen LogP contribution in [-0.4, -0.2) is 35.2 Å². The van der Waals surface area contributed by atoms with E-state index in [0.29, 0.717) is 12.8 Å². The SMILES string of the molecule is O=C(OCc1ccccc1)N1CC(F)(F)C(F)C12CCCC2. The van der Waals surface area contributed by atoms with E-state index in [1.54, 1.807) is 24.3 Å². The van der Waals surface area contributed by atoms with Crippen LogP contribution in [0.5, 0.6) is 0 Å². The van der Waals surface area contributed by atoms with Crippen LogP contribution in [0, 0.1) is 0 Å². The fraction of sp³-hybridized carbons (Fsp3) is 0.562. The van der Waals surface area contributed by atoms with Crippen LogP contribution < -0.4 is 0 Å². The van der Waals surface area contributed by atoms with Crippen molar-refractivity contribution >= 4 is 6.09 Å². The Hall–Kier alpha value is -1.72. The zero-order valence-electron chi connectivity index (χ0n) is 12.1. The standard InChI is InChI=1S/C16H18F3NO2/c17-13-15(8-4-5-9-15)20(11-16(13,18)19)14(21)22-10-12-6-2-1-3-7-12/h1-3,6-7,13H,4-5,8-11H2. The van der Waals surface area contributed by atoms with E-state index in [9.17, 15) is 18.0 Å². The minimum absolute atomic E-state index is 0.00518. The molecule has 1 atom stereocenters. The molecule has 0 N–H and O–H groups in total. The van der Waals surface area contributed by atoms with Gasteiger partial charge in [-0.05, 0) is 18.4 Å². The van der Waals surface area contributed by atoms with E-state index in [-0.39, 0.29) is 19.4 Å². The van der Waals surface area contributed by atoms with Gasteiger partial charge in [0.25, 0.3) is 5.92 Å². The van der Waals surface area contributed by atoms with Gasteiger partial charge in [0.05, 0.1) is 12.1 Å². The van der Waals surface area contributed by atoms with E-state index in [2.05, 4.69) is 0 Å². The lowest BCUT2D eigenvalue weighted by atomic mass is 9.91. The first-order chi connectivity index (χ1) is 10.5. The van der Waals surface area contributed by atoms with E-state index in [1.807, 2.05) is 6.07 Å². The van der Waals surface area contributed by atoms with Crippen LogP contribution in [0.15, 0.2) is 30.3 Å². The third-order valence-electron chi connectivity index (χ3n) is 4.64. The van der Waals surface area contributed by atoms with Gasteiger partial charge < -0.3 is 4.74 Å². The second kappa shape index (κ2) is 5.48. The van der Waals surface area contributed by atoms with Crippen molar-refractivity contribution in [1.29, 1.82) is 0 Å². The van der Waals surface area contributed by atoms with Crippen LogP contribution in [-0.2, 0) is 11.3 Å². The van der Waals surface area contributed by atoms with Crippen LogP contribution in [0.2, 0.25) is 0 Å². The van der Waals surface area contributed by atoms with Gasteiger partial charge >= 0.3 is 6.09 Å². The Morgan fingerprint density at radius 2 is 1.86 bits per heavy atom. The summed E-state index contributed by atoms with van der Waals surface area (Å²) < 4.78 is 46.9. The first kappa shape index (κ1) is 15.2. The number of amides is 1. The van der Waals surface area contributed by atoms with Crippen LogP contribution in [0.3, 0.4) is 0 Å². The molecule has 1 aromatic carbocycles. The molecule has 1 amide bonds. The highest BCUT2D eigenvalue weighted by molar-refractivity contribution is 5.70. The monoisotopic (exact) mass is 313 g/mol. The molecule has 2 fully saturated rings. The highest BCUT2D eigenvalue weighted by Gasteiger charge is 2.66. The van der Waals surface area contributed by atoms with Gasteiger partial charge in [0.2, 0.25) is 0 Å². The molecule has 120 valence electrons. The minimum atomic E-state index is -3.50. The lowest BCUT2D eigenvalue weighted by molar-refractivity contribution is -0.0548. The van der Waals surface area contributed by atoms with Gasteiger partial charge in [-0.15, -0.1) is 0 Å². The van der Waals surface area contributed by atoms with Gasteiger partial charge in [-0.1, -0.05) is 43.2 Å². The lowest BCUT2D eigenvalue weighted by Crippen LogP contribution is -2.50. The summed E-state index contributed by atoms with van der Waals surface area (Å²) in [5.74, 6) is -3.50. The van der Waals surface area contributed by atoms with Crippen molar-refractivity contribution in [2.24, 2.45) is 0 Å². The van der Waals surface area contributed by atoms with Crippen molar-refractivity contribution in [2.45, 2.75) is 49.9 Å². The van der Waals surface area contributed by atoms with Crippen molar-refractivity contribution < 1.29 is 22.7 Å². The van der Waals surface area contributed by atoms with Crippen LogP contribution >= 0.6 is 0 Å². The second-order valence-electron chi connectivity index (χ2n) is 6.06. The Bertz CT molecular complexity index is 544. The van der Waals surface area contributed by atoms with Crippen molar-refractivity contribution in [1.82, 2.24) is 4.90 Å². The summed E-state index contributed by atoms with van der Waals surface area (Å²) in [5.41, 5.74) is -0.629. The fourth-order valence-corrected chi connectivity index (χ4v) is 3.53. The molecule has 6 heteroatoms. The summed E-state index contributed by atoms with van der Waals surface area (Å²) in [6.07, 6.45) is -1.33. The molecule has 1 aliphatic carbocycles. The summed E-state index contributed by atoms with van der Waals surface area (Å²) in [6.45, 7) is -0.906. The van der Waals surface area contributed by atoms with E-state index in [0.717, 1.165) is 10.5 Å². The lowest BCUT2D eigenvalue weighted by Gasteiger charge is -2.34. The molecule has 22 heavy (non-hydrogen) atoms. The van der Waals surface area contributed by atoms with Crippen molar-refractivity contribution in [3.05, 3.63) is 35.9 Å². The van der Waals surface area contributed by atoms with Gasteiger partial charge in [-0.25, -0.2) is 18.0 Å². The molecular weight excluding hydrogens is 295 g/mol. The number of hydrogen-bond acceptors (Lipinski definition) is 2. The predicted octanol–water partition coefficient (Wildman–Crippen LogP) is 3.93. The number of hydrogen-bond donors (Lipinski definition) is 0. The van der Waals surface area contributed by atoms with Gasteiger partial charge in [-0.3, -0.25) is 4.90 Å². The topological polar surface area (TPSA) is 29.5 Å². The molecular formula is C16H18F3NO2. The summed E-state index contributed by atoms with van der Waals surface area (Å²) in [4.78, 5) is 13.1. The van der Waals surface area contributed by atoms with Crippen molar-refractivity contribution in [2.75, 3.05) is 6.54 Å². The predicted molar refractivity (Wildman–Crippen MR) is 74.4 cm³/mol. The number of carbonyl (C=O) groups is 1. The zero-order chi connectivity index (χ0) is 15.8. The smallest absolute Gasteiger partial charge is 0.410 e. The molecule has 0 aromatic heterocycles. The maximum absolute atomic E-state index is 14.2. The zero-order valence-corrected chi connectivity index (χ0v) is 12.1. The maximum atomic E-state index is 14.2. The van der Waals surface area contributed by atoms with E-state index >= 15 is 0 Å². The molecule has 1 aliphatic heterocycles. The fourth-order valence-electron chi connectivity index (χ4n) is 3.53.